The molecule has 0 aliphatic rings. The number of hydrogen-bond acceptors (Lipinski definition) is 4. The third kappa shape index (κ3) is 6.42. The molecule has 14 heavy (non-hydrogen) atoms. The van der Waals surface area contributed by atoms with Crippen LogP contribution in [0.5, 0.6) is 0 Å². The Morgan fingerprint density at radius 1 is 1.43 bits per heavy atom. The highest BCUT2D eigenvalue weighted by Gasteiger charge is 1.89. The van der Waals surface area contributed by atoms with E-state index in [1.54, 1.807) is 19.2 Å². The number of hydrogen-bond donors (Lipinski definition) is 3. The first-order valence-electron chi connectivity index (χ1n) is 4.05. The van der Waals surface area contributed by atoms with Gasteiger partial charge in [0.15, 0.2) is 0 Å². The maximum atomic E-state index is 9.96. The zero-order valence-electron chi connectivity index (χ0n) is 7.96. The molecule has 0 spiro atoms. The van der Waals surface area contributed by atoms with Crippen LogP contribution >= 0.6 is 11.6 Å². The summed E-state index contributed by atoms with van der Waals surface area (Å²) in [6.45, 7) is 0.335. The molecule has 0 fully saturated rings. The smallest absolute Gasteiger partial charge is 0.139 e. The number of nitrogens with one attached hydrogen (secondary N) is 2. The molecular formula is C9H14ClN3O. The van der Waals surface area contributed by atoms with Crippen molar-refractivity contribution >= 4 is 23.6 Å². The Labute approximate surface area is 88.4 Å². The summed E-state index contributed by atoms with van der Waals surface area (Å²) in [5, 5.41) is 3.59. The van der Waals surface area contributed by atoms with E-state index in [1.165, 1.54) is 0 Å². The van der Waals surface area contributed by atoms with Gasteiger partial charge in [0, 0.05) is 10.7 Å². The fourth-order valence-corrected chi connectivity index (χ4v) is 0.853. The Morgan fingerprint density at radius 2 is 1.93 bits per heavy atom. The lowest BCUT2D eigenvalue weighted by atomic mass is 10.3. The highest BCUT2D eigenvalue weighted by Crippen LogP contribution is 2.12. The number of nitrogens with two attached hydrogens (primary N) is 1. The lowest BCUT2D eigenvalue weighted by molar-refractivity contribution is -0.106. The fraction of sp³-hybridized carbons (Fsp3) is 0.222. The minimum absolute atomic E-state index is 0.335. The van der Waals surface area contributed by atoms with Crippen molar-refractivity contribution < 1.29 is 4.79 Å². The predicted molar refractivity (Wildman–Crippen MR) is 59.3 cm³/mol. The van der Waals surface area contributed by atoms with Gasteiger partial charge in [0.1, 0.15) is 6.29 Å². The summed E-state index contributed by atoms with van der Waals surface area (Å²) >= 11 is 5.65. The van der Waals surface area contributed by atoms with Crippen molar-refractivity contribution in [2.24, 2.45) is 5.84 Å². The Balaban J connectivity index is 0.000000500. The Morgan fingerprint density at radius 3 is 2.36 bits per heavy atom. The Hall–Kier alpha value is -1.10. The summed E-state index contributed by atoms with van der Waals surface area (Å²) in [7, 11) is 1.65. The van der Waals surface area contributed by atoms with E-state index in [1.807, 2.05) is 12.1 Å². The molecule has 0 amide bonds. The van der Waals surface area contributed by atoms with Crippen molar-refractivity contribution in [1.82, 2.24) is 5.43 Å². The van der Waals surface area contributed by atoms with Crippen LogP contribution in [0.1, 0.15) is 0 Å². The summed E-state index contributed by atoms with van der Waals surface area (Å²) in [5.41, 5.74) is 3.15. The summed E-state index contributed by atoms with van der Waals surface area (Å²) in [5.74, 6) is 4.60. The lowest BCUT2D eigenvalue weighted by Gasteiger charge is -2.00. The first-order chi connectivity index (χ1) is 6.74. The molecule has 4 nitrogen and oxygen atoms in total. The van der Waals surface area contributed by atoms with Gasteiger partial charge in [0.25, 0.3) is 0 Å². The van der Waals surface area contributed by atoms with E-state index in [9.17, 15) is 4.79 Å². The van der Waals surface area contributed by atoms with Crippen molar-refractivity contribution in [2.75, 3.05) is 18.9 Å². The number of carbonyl (C=O) groups is 1. The molecule has 0 aliphatic carbocycles. The second-order valence-electron chi connectivity index (χ2n) is 2.34. The van der Waals surface area contributed by atoms with Gasteiger partial charge in [-0.25, -0.2) is 0 Å². The molecule has 0 heterocycles. The molecule has 78 valence electrons. The highest BCUT2D eigenvalue weighted by molar-refractivity contribution is 6.30. The number of aldehydes is 1. The lowest BCUT2D eigenvalue weighted by Crippen LogP contribution is -2.13. The van der Waals surface area contributed by atoms with Crippen LogP contribution in [0, 0.1) is 0 Å². The van der Waals surface area contributed by atoms with E-state index < -0.39 is 0 Å². The Bertz CT molecular complexity index is 251. The number of rotatable bonds is 3. The fourth-order valence-electron chi connectivity index (χ4n) is 0.727. The van der Waals surface area contributed by atoms with Gasteiger partial charge >= 0.3 is 0 Å². The first-order valence-corrected chi connectivity index (χ1v) is 4.42. The van der Waals surface area contributed by atoms with E-state index in [0.29, 0.717) is 11.6 Å². The van der Waals surface area contributed by atoms with Gasteiger partial charge in [-0.1, -0.05) is 11.6 Å². The number of anilines is 1. The van der Waals surface area contributed by atoms with Crippen LogP contribution in [0.3, 0.4) is 0 Å². The zero-order valence-corrected chi connectivity index (χ0v) is 8.71. The SMILES string of the molecule is CNN.O=CCNc1ccc(Cl)cc1. The Kier molecular flexibility index (Phi) is 7.83. The predicted octanol–water partition coefficient (Wildman–Crippen LogP) is 1.03. The van der Waals surface area contributed by atoms with E-state index >= 15 is 0 Å². The molecule has 4 N–H and O–H groups in total. The molecule has 0 aliphatic heterocycles. The van der Waals surface area contributed by atoms with E-state index in [4.69, 9.17) is 11.6 Å². The van der Waals surface area contributed by atoms with Crippen molar-refractivity contribution in [1.29, 1.82) is 0 Å². The molecule has 1 aromatic rings. The van der Waals surface area contributed by atoms with Crippen LogP contribution < -0.4 is 16.6 Å². The molecular weight excluding hydrogens is 202 g/mol. The topological polar surface area (TPSA) is 67.1 Å². The van der Waals surface area contributed by atoms with Crippen LogP contribution in [0.25, 0.3) is 0 Å². The molecule has 0 atom stereocenters. The van der Waals surface area contributed by atoms with E-state index in [0.717, 1.165) is 12.0 Å². The molecule has 0 radical (unpaired) electrons. The van der Waals surface area contributed by atoms with Crippen LogP contribution in [0.4, 0.5) is 5.69 Å². The second kappa shape index (κ2) is 8.50. The molecule has 5 heteroatoms. The zero-order chi connectivity index (χ0) is 10.8. The molecule has 0 unspecified atom stereocenters. The maximum Gasteiger partial charge on any atom is 0.139 e. The van der Waals surface area contributed by atoms with Crippen molar-refractivity contribution in [3.63, 3.8) is 0 Å². The summed E-state index contributed by atoms with van der Waals surface area (Å²) in [4.78, 5) is 9.96. The average molecular weight is 216 g/mol. The van der Waals surface area contributed by atoms with Gasteiger partial charge in [-0.3, -0.25) is 11.3 Å². The van der Waals surface area contributed by atoms with Crippen LogP contribution in [-0.2, 0) is 4.79 Å². The van der Waals surface area contributed by atoms with Gasteiger partial charge in [-0.05, 0) is 31.3 Å². The van der Waals surface area contributed by atoms with Crippen LogP contribution in [0.15, 0.2) is 24.3 Å². The quantitative estimate of drug-likeness (QED) is 0.400. The summed E-state index contributed by atoms with van der Waals surface area (Å²) < 4.78 is 0. The monoisotopic (exact) mass is 215 g/mol. The van der Waals surface area contributed by atoms with E-state index in [-0.39, 0.29) is 0 Å². The van der Waals surface area contributed by atoms with Crippen molar-refractivity contribution in [2.45, 2.75) is 0 Å². The maximum absolute atomic E-state index is 9.96. The van der Waals surface area contributed by atoms with Gasteiger partial charge in [0.05, 0.1) is 6.54 Å². The van der Waals surface area contributed by atoms with Crippen LogP contribution in [-0.4, -0.2) is 19.9 Å². The number of hydrazine groups is 1. The molecule has 1 aromatic carbocycles. The third-order valence-electron chi connectivity index (χ3n) is 1.23. The summed E-state index contributed by atoms with van der Waals surface area (Å²) in [6.07, 6.45) is 0.814. The van der Waals surface area contributed by atoms with Gasteiger partial charge in [-0.2, -0.15) is 0 Å². The van der Waals surface area contributed by atoms with Crippen LogP contribution in [0.2, 0.25) is 5.02 Å². The van der Waals surface area contributed by atoms with Crippen molar-refractivity contribution in [3.05, 3.63) is 29.3 Å². The van der Waals surface area contributed by atoms with E-state index in [2.05, 4.69) is 16.6 Å². The highest BCUT2D eigenvalue weighted by atomic mass is 35.5. The summed E-state index contributed by atoms with van der Waals surface area (Å²) in [6, 6.07) is 7.20. The molecule has 0 bridgehead atoms. The van der Waals surface area contributed by atoms with Gasteiger partial charge in [0.2, 0.25) is 0 Å². The van der Waals surface area contributed by atoms with Gasteiger partial charge < -0.3 is 10.1 Å². The minimum Gasteiger partial charge on any atom is -0.378 e. The second-order valence-corrected chi connectivity index (χ2v) is 2.78. The average Bonchev–Trinajstić information content (AvgIpc) is 2.18. The number of carbonyl (C=O) groups excluding carboxylic acids is 1. The standard InChI is InChI=1S/C8H8ClNO.CH6N2/c9-7-1-3-8(4-2-7)10-5-6-11;1-3-2/h1-4,6,10H,5H2;3H,2H2,1H3. The molecule has 0 aromatic heterocycles. The normalized spacial score (nSPS) is 8.50. The molecule has 0 saturated heterocycles. The molecule has 0 saturated carbocycles. The van der Waals surface area contributed by atoms with Crippen molar-refractivity contribution in [3.8, 4) is 0 Å². The number of benzene rings is 1. The molecule has 1 rings (SSSR count). The number of halogens is 1. The third-order valence-corrected chi connectivity index (χ3v) is 1.49. The minimum atomic E-state index is 0.335. The van der Waals surface area contributed by atoms with Gasteiger partial charge in [-0.15, -0.1) is 0 Å². The first kappa shape index (κ1) is 12.9. The largest absolute Gasteiger partial charge is 0.378 e.